The van der Waals surface area contributed by atoms with Gasteiger partial charge in [-0.15, -0.1) is 0 Å². The van der Waals surface area contributed by atoms with Gasteiger partial charge in [0.1, 0.15) is 16.6 Å². The van der Waals surface area contributed by atoms with Gasteiger partial charge in [0.25, 0.3) is 0 Å². The first-order valence-electron chi connectivity index (χ1n) is 5.31. The summed E-state index contributed by atoms with van der Waals surface area (Å²) < 4.78 is 39.0. The number of anilines is 1. The Hall–Kier alpha value is -1.64. The molecule has 2 rings (SSSR count). The molecule has 0 radical (unpaired) electrons. The average Bonchev–Trinajstić information content (AvgIpc) is 2.81. The van der Waals surface area contributed by atoms with Gasteiger partial charge in [0.2, 0.25) is 0 Å². The van der Waals surface area contributed by atoms with E-state index < -0.39 is 11.9 Å². The van der Waals surface area contributed by atoms with Gasteiger partial charge in [-0.05, 0) is 28.9 Å². The van der Waals surface area contributed by atoms with Gasteiger partial charge in [0.05, 0.1) is 0 Å². The van der Waals surface area contributed by atoms with E-state index in [0.717, 1.165) is 10.7 Å². The second kappa shape index (κ2) is 5.16. The van der Waals surface area contributed by atoms with Crippen molar-refractivity contribution < 1.29 is 13.2 Å². The molecule has 2 heterocycles. The zero-order valence-electron chi connectivity index (χ0n) is 9.74. The first-order valence-corrected chi connectivity index (χ1v) is 6.10. The third kappa shape index (κ3) is 2.86. The summed E-state index contributed by atoms with van der Waals surface area (Å²) in [7, 11) is 0. The van der Waals surface area contributed by atoms with Crippen LogP contribution in [-0.4, -0.2) is 26.3 Å². The first-order chi connectivity index (χ1) is 8.93. The van der Waals surface area contributed by atoms with E-state index in [1.165, 1.54) is 12.5 Å². The molecule has 0 aliphatic carbocycles. The number of alkyl halides is 3. The fraction of sp³-hybridized carbons (Fsp3) is 0.300. The Bertz CT molecular complexity index is 581. The lowest BCUT2D eigenvalue weighted by Crippen LogP contribution is -2.09. The molecular weight excluding hydrogens is 327 g/mol. The van der Waals surface area contributed by atoms with Crippen LogP contribution in [0.15, 0.2) is 23.1 Å². The molecule has 0 unspecified atom stereocenters. The van der Waals surface area contributed by atoms with Crippen molar-refractivity contribution in [3.63, 3.8) is 0 Å². The van der Waals surface area contributed by atoms with E-state index in [4.69, 9.17) is 0 Å². The van der Waals surface area contributed by atoms with Gasteiger partial charge in [-0.25, -0.2) is 14.6 Å². The molecule has 1 N–H and O–H groups in total. The summed E-state index contributed by atoms with van der Waals surface area (Å²) in [6, 6.07) is 0.890. The second-order valence-corrected chi connectivity index (χ2v) is 4.33. The Morgan fingerprint density at radius 2 is 2.11 bits per heavy atom. The van der Waals surface area contributed by atoms with Crippen LogP contribution in [0.1, 0.15) is 12.6 Å². The maximum absolute atomic E-state index is 12.5. The van der Waals surface area contributed by atoms with Crippen molar-refractivity contribution in [3.05, 3.63) is 28.8 Å². The van der Waals surface area contributed by atoms with Gasteiger partial charge < -0.3 is 5.32 Å². The Morgan fingerprint density at radius 1 is 1.37 bits per heavy atom. The highest BCUT2D eigenvalue weighted by Crippen LogP contribution is 2.29. The number of halogens is 4. The van der Waals surface area contributed by atoms with Crippen LogP contribution in [-0.2, 0) is 6.18 Å². The van der Waals surface area contributed by atoms with Crippen LogP contribution in [0, 0.1) is 0 Å². The highest BCUT2D eigenvalue weighted by molar-refractivity contribution is 9.10. The normalized spacial score (nSPS) is 11.6. The van der Waals surface area contributed by atoms with Crippen molar-refractivity contribution in [1.29, 1.82) is 0 Å². The van der Waals surface area contributed by atoms with Gasteiger partial charge in [-0.2, -0.15) is 18.3 Å². The predicted molar refractivity (Wildman–Crippen MR) is 66.0 cm³/mol. The number of hydrogen-bond acceptors (Lipinski definition) is 4. The molecule has 102 valence electrons. The van der Waals surface area contributed by atoms with E-state index >= 15 is 0 Å². The van der Waals surface area contributed by atoms with Crippen molar-refractivity contribution in [2.75, 3.05) is 11.9 Å². The molecule has 0 aromatic carbocycles. The van der Waals surface area contributed by atoms with Crippen molar-refractivity contribution >= 4 is 21.7 Å². The zero-order valence-corrected chi connectivity index (χ0v) is 11.3. The third-order valence-electron chi connectivity index (χ3n) is 2.21. The molecule has 0 amide bonds. The minimum atomic E-state index is -4.48. The molecule has 0 bridgehead atoms. The maximum Gasteiger partial charge on any atom is 0.435 e. The summed E-state index contributed by atoms with van der Waals surface area (Å²) in [4.78, 5) is 7.90. The van der Waals surface area contributed by atoms with Crippen LogP contribution >= 0.6 is 15.9 Å². The van der Waals surface area contributed by atoms with Crippen LogP contribution in [0.25, 0.3) is 5.82 Å². The molecule has 2 aromatic heterocycles. The molecule has 5 nitrogen and oxygen atoms in total. The number of rotatable bonds is 3. The summed E-state index contributed by atoms with van der Waals surface area (Å²) in [6.07, 6.45) is -2.02. The fourth-order valence-corrected chi connectivity index (χ4v) is 1.93. The topological polar surface area (TPSA) is 55.6 Å². The molecule has 0 atom stereocenters. The molecule has 0 aliphatic rings. The predicted octanol–water partition coefficient (Wildman–Crippen LogP) is 2.88. The van der Waals surface area contributed by atoms with Crippen LogP contribution in [0.4, 0.5) is 19.0 Å². The summed E-state index contributed by atoms with van der Waals surface area (Å²) >= 11 is 3.25. The van der Waals surface area contributed by atoms with E-state index in [2.05, 4.69) is 36.3 Å². The largest absolute Gasteiger partial charge is 0.435 e. The van der Waals surface area contributed by atoms with E-state index in [9.17, 15) is 13.2 Å². The molecular formula is C10H9BrF3N5. The molecule has 0 saturated heterocycles. The number of nitrogens with zero attached hydrogens (tertiary/aromatic N) is 4. The van der Waals surface area contributed by atoms with Crippen LogP contribution in [0.3, 0.4) is 0 Å². The molecule has 2 aromatic rings. The zero-order chi connectivity index (χ0) is 14.0. The third-order valence-corrected chi connectivity index (χ3v) is 2.94. The lowest BCUT2D eigenvalue weighted by Gasteiger charge is -2.08. The van der Waals surface area contributed by atoms with Crippen molar-refractivity contribution in [2.45, 2.75) is 13.1 Å². The summed E-state index contributed by atoms with van der Waals surface area (Å²) in [5, 5.41) is 6.42. The van der Waals surface area contributed by atoms with Crippen molar-refractivity contribution in [1.82, 2.24) is 19.7 Å². The smallest absolute Gasteiger partial charge is 0.369 e. The highest BCUT2D eigenvalue weighted by atomic mass is 79.9. The van der Waals surface area contributed by atoms with Gasteiger partial charge >= 0.3 is 6.18 Å². The van der Waals surface area contributed by atoms with E-state index in [-0.39, 0.29) is 5.82 Å². The molecule has 9 heteroatoms. The molecule has 19 heavy (non-hydrogen) atoms. The highest BCUT2D eigenvalue weighted by Gasteiger charge is 2.33. The van der Waals surface area contributed by atoms with Gasteiger partial charge in [-0.3, -0.25) is 0 Å². The van der Waals surface area contributed by atoms with Crippen LogP contribution in [0.2, 0.25) is 0 Å². The monoisotopic (exact) mass is 335 g/mol. The van der Waals surface area contributed by atoms with Crippen molar-refractivity contribution in [3.8, 4) is 5.82 Å². The molecule has 0 fully saturated rings. The summed E-state index contributed by atoms with van der Waals surface area (Å²) in [5.41, 5.74) is -0.969. The fourth-order valence-electron chi connectivity index (χ4n) is 1.40. The Balaban J connectivity index is 2.42. The van der Waals surface area contributed by atoms with E-state index in [1.807, 2.05) is 6.92 Å². The van der Waals surface area contributed by atoms with Crippen molar-refractivity contribution in [2.24, 2.45) is 0 Å². The summed E-state index contributed by atoms with van der Waals surface area (Å²) in [5.74, 6) is 0.734. The number of hydrogen-bond donors (Lipinski definition) is 1. The molecule has 0 spiro atoms. The average molecular weight is 336 g/mol. The summed E-state index contributed by atoms with van der Waals surface area (Å²) in [6.45, 7) is 2.51. The standard InChI is InChI=1S/C10H9BrF3N5/c1-2-15-8-7(11)9(17-5-16-8)19-4-3-6(18-19)10(12,13)14/h3-5H,2H2,1H3,(H,15,16,17). The Morgan fingerprint density at radius 3 is 2.68 bits per heavy atom. The quantitative estimate of drug-likeness (QED) is 0.937. The second-order valence-electron chi connectivity index (χ2n) is 3.53. The number of nitrogens with one attached hydrogen (secondary N) is 1. The van der Waals surface area contributed by atoms with Crippen LogP contribution in [0.5, 0.6) is 0 Å². The Labute approximate surface area is 115 Å². The lowest BCUT2D eigenvalue weighted by atomic mass is 10.4. The SMILES string of the molecule is CCNc1ncnc(-n2ccc(C(F)(F)F)n2)c1Br. The van der Waals surface area contributed by atoms with Crippen LogP contribution < -0.4 is 5.32 Å². The molecule has 0 saturated carbocycles. The minimum Gasteiger partial charge on any atom is -0.369 e. The van der Waals surface area contributed by atoms with E-state index in [1.54, 1.807) is 0 Å². The number of aromatic nitrogens is 4. The van der Waals surface area contributed by atoms with Gasteiger partial charge in [0, 0.05) is 12.7 Å². The van der Waals surface area contributed by atoms with Gasteiger partial charge in [0.15, 0.2) is 11.5 Å². The Kier molecular flexibility index (Phi) is 3.74. The first kappa shape index (κ1) is 13.8. The lowest BCUT2D eigenvalue weighted by molar-refractivity contribution is -0.141. The minimum absolute atomic E-state index is 0.237. The van der Waals surface area contributed by atoms with Gasteiger partial charge in [-0.1, -0.05) is 0 Å². The van der Waals surface area contributed by atoms with E-state index in [0.29, 0.717) is 16.8 Å². The maximum atomic E-state index is 12.5. The molecule has 0 aliphatic heterocycles.